The summed E-state index contributed by atoms with van der Waals surface area (Å²) in [5.41, 5.74) is 2.20. The van der Waals surface area contributed by atoms with Crippen LogP contribution in [-0.2, 0) is 9.59 Å². The number of urea groups is 1. The maximum absolute atomic E-state index is 12.8. The third-order valence-corrected chi connectivity index (χ3v) is 5.54. The summed E-state index contributed by atoms with van der Waals surface area (Å²) >= 11 is 2.23. The second-order valence-electron chi connectivity index (χ2n) is 6.91. The van der Waals surface area contributed by atoms with E-state index < -0.39 is 24.4 Å². The van der Waals surface area contributed by atoms with Gasteiger partial charge < -0.3 is 19.9 Å². The summed E-state index contributed by atoms with van der Waals surface area (Å²) < 4.78 is 8.21. The fourth-order valence-corrected chi connectivity index (χ4v) is 3.65. The van der Waals surface area contributed by atoms with Gasteiger partial charge in [0.15, 0.2) is 0 Å². The van der Waals surface area contributed by atoms with Crippen LogP contribution in [0, 0.1) is 3.57 Å². The van der Waals surface area contributed by atoms with E-state index in [0.717, 1.165) is 19.9 Å². The van der Waals surface area contributed by atoms with Crippen LogP contribution in [0.5, 0.6) is 5.75 Å². The summed E-state index contributed by atoms with van der Waals surface area (Å²) in [6.45, 7) is -0.418. The molecular formula is C23H19IN4O4. The monoisotopic (exact) mass is 542 g/mol. The predicted octanol–water partition coefficient (Wildman–Crippen LogP) is 3.62. The SMILES string of the molecule is COc1ccccc1NC(=O)CN1C(=O)N/C(=C/c2cccn2-c2ccc(I)cc2)C1=O. The number of benzene rings is 2. The van der Waals surface area contributed by atoms with Crippen LogP contribution < -0.4 is 15.4 Å². The lowest BCUT2D eigenvalue weighted by molar-refractivity contribution is -0.127. The normalized spacial score (nSPS) is 14.6. The molecule has 3 aromatic rings. The average molecular weight is 542 g/mol. The van der Waals surface area contributed by atoms with Crippen LogP contribution >= 0.6 is 22.6 Å². The largest absolute Gasteiger partial charge is 0.495 e. The summed E-state index contributed by atoms with van der Waals surface area (Å²) in [5, 5.41) is 5.21. The van der Waals surface area contributed by atoms with Crippen molar-refractivity contribution in [3.63, 3.8) is 0 Å². The second-order valence-corrected chi connectivity index (χ2v) is 8.15. The number of nitrogens with zero attached hydrogens (tertiary/aromatic N) is 2. The van der Waals surface area contributed by atoms with Crippen LogP contribution in [0.1, 0.15) is 5.69 Å². The molecule has 4 rings (SSSR count). The minimum atomic E-state index is -0.649. The molecule has 9 heteroatoms. The minimum absolute atomic E-state index is 0.102. The minimum Gasteiger partial charge on any atom is -0.495 e. The van der Waals surface area contributed by atoms with E-state index in [2.05, 4.69) is 33.2 Å². The number of hydrogen-bond acceptors (Lipinski definition) is 4. The molecule has 0 atom stereocenters. The quantitative estimate of drug-likeness (QED) is 0.283. The first-order valence-electron chi connectivity index (χ1n) is 9.67. The number of nitrogens with one attached hydrogen (secondary N) is 2. The average Bonchev–Trinajstić information content (AvgIpc) is 3.35. The van der Waals surface area contributed by atoms with Crippen molar-refractivity contribution in [2.75, 3.05) is 19.0 Å². The van der Waals surface area contributed by atoms with E-state index >= 15 is 0 Å². The van der Waals surface area contributed by atoms with Gasteiger partial charge in [-0.15, -0.1) is 0 Å². The fraction of sp³-hybridized carbons (Fsp3) is 0.0870. The molecule has 1 aliphatic heterocycles. The number of imide groups is 1. The molecule has 0 unspecified atom stereocenters. The van der Waals surface area contributed by atoms with Gasteiger partial charge in [0.25, 0.3) is 5.91 Å². The van der Waals surface area contributed by atoms with Gasteiger partial charge in [0.1, 0.15) is 18.0 Å². The van der Waals surface area contributed by atoms with Crippen molar-refractivity contribution >= 4 is 52.2 Å². The summed E-state index contributed by atoms with van der Waals surface area (Å²) in [6, 6.07) is 17.8. The number of carbonyl (C=O) groups excluding carboxylic acids is 3. The topological polar surface area (TPSA) is 92.7 Å². The Morgan fingerprint density at radius 3 is 2.59 bits per heavy atom. The second kappa shape index (κ2) is 9.27. The maximum atomic E-state index is 12.8. The number of rotatable bonds is 6. The van der Waals surface area contributed by atoms with E-state index in [-0.39, 0.29) is 5.70 Å². The Kier molecular flexibility index (Phi) is 6.26. The number of halogens is 1. The third-order valence-electron chi connectivity index (χ3n) is 4.82. The van der Waals surface area contributed by atoms with Gasteiger partial charge >= 0.3 is 6.03 Å². The van der Waals surface area contributed by atoms with Crippen molar-refractivity contribution in [3.05, 3.63) is 81.8 Å². The van der Waals surface area contributed by atoms with E-state index in [1.54, 1.807) is 30.3 Å². The van der Waals surface area contributed by atoms with Gasteiger partial charge in [-0.3, -0.25) is 9.59 Å². The first-order valence-corrected chi connectivity index (χ1v) is 10.7. The van der Waals surface area contributed by atoms with E-state index in [1.807, 2.05) is 47.2 Å². The number of ether oxygens (including phenoxy) is 1. The van der Waals surface area contributed by atoms with Crippen LogP contribution in [0.25, 0.3) is 11.8 Å². The molecule has 0 saturated carbocycles. The maximum Gasteiger partial charge on any atom is 0.329 e. The molecule has 2 heterocycles. The van der Waals surface area contributed by atoms with Gasteiger partial charge in [-0.2, -0.15) is 0 Å². The molecule has 0 radical (unpaired) electrons. The Morgan fingerprint density at radius 1 is 1.09 bits per heavy atom. The number of anilines is 1. The highest BCUT2D eigenvalue weighted by Gasteiger charge is 2.35. The molecule has 4 amide bonds. The zero-order valence-electron chi connectivity index (χ0n) is 17.0. The summed E-state index contributed by atoms with van der Waals surface area (Å²) in [6.07, 6.45) is 3.46. The van der Waals surface area contributed by atoms with Gasteiger partial charge in [0.2, 0.25) is 5.91 Å². The highest BCUT2D eigenvalue weighted by Crippen LogP contribution is 2.23. The Labute approximate surface area is 198 Å². The first-order chi connectivity index (χ1) is 15.5. The molecule has 1 aliphatic rings. The summed E-state index contributed by atoms with van der Waals surface area (Å²) in [4.78, 5) is 38.5. The molecule has 1 fully saturated rings. The van der Waals surface area contributed by atoms with Crippen LogP contribution in [0.15, 0.2) is 72.6 Å². The highest BCUT2D eigenvalue weighted by molar-refractivity contribution is 14.1. The summed E-state index contributed by atoms with van der Waals surface area (Å²) in [7, 11) is 1.49. The Bertz CT molecular complexity index is 1220. The Balaban J connectivity index is 1.50. The number of aromatic nitrogens is 1. The van der Waals surface area contributed by atoms with Crippen molar-refractivity contribution in [2.45, 2.75) is 0 Å². The van der Waals surface area contributed by atoms with E-state index in [4.69, 9.17) is 4.74 Å². The molecule has 32 heavy (non-hydrogen) atoms. The van der Waals surface area contributed by atoms with E-state index in [9.17, 15) is 14.4 Å². The van der Waals surface area contributed by atoms with Crippen LogP contribution in [0.3, 0.4) is 0 Å². The predicted molar refractivity (Wildman–Crippen MR) is 128 cm³/mol. The van der Waals surface area contributed by atoms with Crippen LogP contribution in [-0.4, -0.2) is 41.0 Å². The molecule has 1 aromatic heterocycles. The molecule has 162 valence electrons. The van der Waals surface area contributed by atoms with Gasteiger partial charge in [-0.05, 0) is 77.2 Å². The van der Waals surface area contributed by atoms with Gasteiger partial charge in [0, 0.05) is 21.1 Å². The van der Waals surface area contributed by atoms with Crippen molar-refractivity contribution in [1.29, 1.82) is 0 Å². The van der Waals surface area contributed by atoms with Gasteiger partial charge in [-0.1, -0.05) is 12.1 Å². The number of hydrogen-bond donors (Lipinski definition) is 2. The summed E-state index contributed by atoms with van der Waals surface area (Å²) in [5.74, 6) is -0.600. The smallest absolute Gasteiger partial charge is 0.329 e. The zero-order valence-corrected chi connectivity index (χ0v) is 19.2. The van der Waals surface area contributed by atoms with Gasteiger partial charge in [-0.25, -0.2) is 9.69 Å². The lowest BCUT2D eigenvalue weighted by Crippen LogP contribution is -2.38. The molecule has 2 aromatic carbocycles. The van der Waals surface area contributed by atoms with Crippen molar-refractivity contribution in [2.24, 2.45) is 0 Å². The zero-order chi connectivity index (χ0) is 22.7. The Hall–Kier alpha value is -3.60. The van der Waals surface area contributed by atoms with E-state index in [0.29, 0.717) is 11.4 Å². The van der Waals surface area contributed by atoms with Crippen molar-refractivity contribution in [1.82, 2.24) is 14.8 Å². The lowest BCUT2D eigenvalue weighted by atomic mass is 10.2. The lowest BCUT2D eigenvalue weighted by Gasteiger charge is -2.13. The molecular weight excluding hydrogens is 523 g/mol. The molecule has 1 saturated heterocycles. The first kappa shape index (κ1) is 21.6. The number of para-hydroxylation sites is 2. The molecule has 2 N–H and O–H groups in total. The number of amides is 4. The van der Waals surface area contributed by atoms with E-state index in [1.165, 1.54) is 7.11 Å². The number of carbonyl (C=O) groups is 3. The molecule has 8 nitrogen and oxygen atoms in total. The Morgan fingerprint density at radius 2 is 1.84 bits per heavy atom. The number of methoxy groups -OCH3 is 1. The molecule has 0 bridgehead atoms. The fourth-order valence-electron chi connectivity index (χ4n) is 3.29. The van der Waals surface area contributed by atoms with Crippen LogP contribution in [0.2, 0.25) is 0 Å². The van der Waals surface area contributed by atoms with Crippen molar-refractivity contribution in [3.8, 4) is 11.4 Å². The van der Waals surface area contributed by atoms with Crippen LogP contribution in [0.4, 0.5) is 10.5 Å². The standard InChI is InChI=1S/C23H19IN4O4/c1-32-20-7-3-2-6-18(20)25-21(29)14-28-22(30)19(26-23(28)31)13-17-5-4-12-27(17)16-10-8-15(24)9-11-16/h2-13H,14H2,1H3,(H,25,29)(H,26,31)/b19-13+. The molecule has 0 spiro atoms. The molecule has 0 aliphatic carbocycles. The van der Waals surface area contributed by atoms with Gasteiger partial charge in [0.05, 0.1) is 12.8 Å². The third kappa shape index (κ3) is 4.52. The highest BCUT2D eigenvalue weighted by atomic mass is 127. The van der Waals surface area contributed by atoms with Crippen molar-refractivity contribution < 1.29 is 19.1 Å².